The molecule has 2 aromatic carbocycles. The van der Waals surface area contributed by atoms with Crippen molar-refractivity contribution in [2.75, 3.05) is 14.2 Å². The molecule has 0 aromatic heterocycles. The smallest absolute Gasteiger partial charge is 0.185 e. The molecule has 5 nitrogen and oxygen atoms in total. The number of ketones is 1. The van der Waals surface area contributed by atoms with Gasteiger partial charge in [-0.25, -0.2) is 0 Å². The van der Waals surface area contributed by atoms with Gasteiger partial charge in [-0.05, 0) is 30.2 Å². The average molecular weight is 354 g/mol. The highest BCUT2D eigenvalue weighted by molar-refractivity contribution is 5.99. The van der Waals surface area contributed by atoms with Gasteiger partial charge in [-0.15, -0.1) is 0 Å². The van der Waals surface area contributed by atoms with Crippen molar-refractivity contribution in [2.45, 2.75) is 37.8 Å². The van der Waals surface area contributed by atoms with E-state index in [0.717, 1.165) is 28.0 Å². The summed E-state index contributed by atoms with van der Waals surface area (Å²) in [6.07, 6.45) is -0.236. The highest BCUT2D eigenvalue weighted by atomic mass is 16.7. The van der Waals surface area contributed by atoms with Crippen LogP contribution in [0.5, 0.6) is 5.75 Å². The first-order valence-electron chi connectivity index (χ1n) is 8.67. The highest BCUT2D eigenvalue weighted by Crippen LogP contribution is 2.47. The number of fused-ring (bicyclic) bond motifs is 2. The second kappa shape index (κ2) is 6.20. The fourth-order valence-electron chi connectivity index (χ4n) is 4.00. The average Bonchev–Trinajstić information content (AvgIpc) is 2.99. The van der Waals surface area contributed by atoms with E-state index in [0.29, 0.717) is 12.0 Å². The predicted octanol–water partition coefficient (Wildman–Crippen LogP) is 3.34. The minimum Gasteiger partial charge on any atom is -0.496 e. The number of methoxy groups -OCH3 is 2. The van der Waals surface area contributed by atoms with Crippen molar-refractivity contribution in [2.24, 2.45) is 0 Å². The lowest BCUT2D eigenvalue weighted by molar-refractivity contribution is -0.132. The van der Waals surface area contributed by atoms with E-state index in [1.165, 1.54) is 0 Å². The lowest BCUT2D eigenvalue weighted by atomic mass is 9.79. The Morgan fingerprint density at radius 3 is 2.73 bits per heavy atom. The van der Waals surface area contributed by atoms with Crippen molar-refractivity contribution in [3.8, 4) is 5.75 Å². The van der Waals surface area contributed by atoms with Crippen LogP contribution in [0.3, 0.4) is 0 Å². The van der Waals surface area contributed by atoms with Gasteiger partial charge in [-0.2, -0.15) is 0 Å². The van der Waals surface area contributed by atoms with Gasteiger partial charge in [-0.3, -0.25) is 4.79 Å². The number of hydrogen-bond acceptors (Lipinski definition) is 5. The molecule has 0 saturated heterocycles. The van der Waals surface area contributed by atoms with Crippen LogP contribution in [0, 0.1) is 0 Å². The molecular formula is C21H22O5. The Balaban J connectivity index is 1.79. The summed E-state index contributed by atoms with van der Waals surface area (Å²) >= 11 is 0. The van der Waals surface area contributed by atoms with E-state index < -0.39 is 11.9 Å². The molecule has 3 atom stereocenters. The Labute approximate surface area is 152 Å². The predicted molar refractivity (Wildman–Crippen MR) is 95.4 cm³/mol. The van der Waals surface area contributed by atoms with Gasteiger partial charge in [0.15, 0.2) is 12.1 Å². The lowest BCUT2D eigenvalue weighted by Crippen LogP contribution is -2.35. The maximum atomic E-state index is 12.5. The molecule has 1 N–H and O–H groups in total. The van der Waals surface area contributed by atoms with Crippen molar-refractivity contribution in [3.63, 3.8) is 0 Å². The Hall–Kier alpha value is -2.21. The SMILES string of the molecule is COc1cccc2c1[C@@H](c1ccc3c(c1)C(=O)C[C@@](C)(O)C3)O[C@H]2OC. The van der Waals surface area contributed by atoms with Crippen molar-refractivity contribution >= 4 is 5.78 Å². The van der Waals surface area contributed by atoms with E-state index in [1.807, 2.05) is 36.4 Å². The molecule has 2 aliphatic rings. The number of hydrogen-bond donors (Lipinski definition) is 1. The first-order valence-corrected chi connectivity index (χ1v) is 8.67. The molecule has 1 aliphatic heterocycles. The van der Waals surface area contributed by atoms with E-state index in [1.54, 1.807) is 21.1 Å². The van der Waals surface area contributed by atoms with Crippen LogP contribution in [-0.2, 0) is 15.9 Å². The molecule has 0 bridgehead atoms. The number of carbonyl (C=O) groups excluding carboxylic acids is 1. The van der Waals surface area contributed by atoms with Crippen LogP contribution < -0.4 is 4.74 Å². The van der Waals surface area contributed by atoms with Gasteiger partial charge in [0, 0.05) is 36.6 Å². The van der Waals surface area contributed by atoms with Gasteiger partial charge in [0.25, 0.3) is 0 Å². The molecule has 0 unspecified atom stereocenters. The third kappa shape index (κ3) is 2.72. The van der Waals surface area contributed by atoms with Gasteiger partial charge >= 0.3 is 0 Å². The fourth-order valence-corrected chi connectivity index (χ4v) is 4.00. The zero-order chi connectivity index (χ0) is 18.5. The Kier molecular flexibility index (Phi) is 4.10. The second-order valence-electron chi connectivity index (χ2n) is 7.24. The molecule has 0 spiro atoms. The molecule has 1 heterocycles. The van der Waals surface area contributed by atoms with E-state index in [2.05, 4.69) is 0 Å². The summed E-state index contributed by atoms with van der Waals surface area (Å²) in [6, 6.07) is 11.5. The third-order valence-electron chi connectivity index (χ3n) is 5.16. The number of rotatable bonds is 3. The standard InChI is InChI=1S/C21H22O5/c1-21(23)10-13-8-7-12(9-15(13)16(22)11-21)19-18-14(20(25-3)26-19)5-4-6-17(18)24-2/h4-9,19-20,23H,10-11H2,1-3H3/t19-,20-,21+/m1/s1. The van der Waals surface area contributed by atoms with Crippen molar-refractivity contribution in [1.29, 1.82) is 0 Å². The zero-order valence-corrected chi connectivity index (χ0v) is 15.1. The minimum atomic E-state index is -0.980. The molecule has 0 amide bonds. The summed E-state index contributed by atoms with van der Waals surface area (Å²) in [6.45, 7) is 1.70. The monoisotopic (exact) mass is 354 g/mol. The molecule has 0 radical (unpaired) electrons. The minimum absolute atomic E-state index is 0.0420. The molecule has 0 saturated carbocycles. The Bertz CT molecular complexity index is 871. The second-order valence-corrected chi connectivity index (χ2v) is 7.24. The molecular weight excluding hydrogens is 332 g/mol. The van der Waals surface area contributed by atoms with Crippen LogP contribution in [0.1, 0.15) is 58.4 Å². The zero-order valence-electron chi connectivity index (χ0n) is 15.1. The summed E-state index contributed by atoms with van der Waals surface area (Å²) < 4.78 is 17.1. The molecule has 0 fully saturated rings. The number of ether oxygens (including phenoxy) is 3. The van der Waals surface area contributed by atoms with E-state index >= 15 is 0 Å². The van der Waals surface area contributed by atoms with Gasteiger partial charge in [0.2, 0.25) is 0 Å². The summed E-state index contributed by atoms with van der Waals surface area (Å²) in [7, 11) is 3.24. The number of benzene rings is 2. The Morgan fingerprint density at radius 1 is 1.19 bits per heavy atom. The molecule has 4 rings (SSSR count). The number of carbonyl (C=O) groups is 1. The number of Topliss-reactive ketones (excluding diaryl/α,β-unsaturated/α-hetero) is 1. The van der Waals surface area contributed by atoms with Crippen molar-refractivity contribution in [1.82, 2.24) is 0 Å². The van der Waals surface area contributed by atoms with Gasteiger partial charge in [-0.1, -0.05) is 24.3 Å². The maximum Gasteiger partial charge on any atom is 0.185 e. The van der Waals surface area contributed by atoms with Crippen LogP contribution >= 0.6 is 0 Å². The summed E-state index contributed by atoms with van der Waals surface area (Å²) in [5, 5.41) is 10.3. The summed E-state index contributed by atoms with van der Waals surface area (Å²) in [5.41, 5.74) is 3.29. The first-order chi connectivity index (χ1) is 12.4. The van der Waals surface area contributed by atoms with Crippen molar-refractivity contribution in [3.05, 3.63) is 64.2 Å². The summed E-state index contributed by atoms with van der Waals surface area (Å²) in [5.74, 6) is 0.693. The van der Waals surface area contributed by atoms with Crippen LogP contribution in [0.4, 0.5) is 0 Å². The quantitative estimate of drug-likeness (QED) is 0.916. The van der Waals surface area contributed by atoms with Crippen LogP contribution in [0.2, 0.25) is 0 Å². The van der Waals surface area contributed by atoms with Crippen LogP contribution in [0.15, 0.2) is 36.4 Å². The van der Waals surface area contributed by atoms with E-state index in [9.17, 15) is 9.90 Å². The van der Waals surface area contributed by atoms with Gasteiger partial charge in [0.05, 0.1) is 12.7 Å². The van der Waals surface area contributed by atoms with Gasteiger partial charge in [0.1, 0.15) is 11.9 Å². The molecule has 2 aromatic rings. The molecule has 5 heteroatoms. The fraction of sp³-hybridized carbons (Fsp3) is 0.381. The molecule has 26 heavy (non-hydrogen) atoms. The molecule has 136 valence electrons. The summed E-state index contributed by atoms with van der Waals surface area (Å²) in [4.78, 5) is 12.5. The van der Waals surface area contributed by atoms with Crippen LogP contribution in [-0.4, -0.2) is 30.7 Å². The largest absolute Gasteiger partial charge is 0.496 e. The van der Waals surface area contributed by atoms with Crippen molar-refractivity contribution < 1.29 is 24.1 Å². The van der Waals surface area contributed by atoms with E-state index in [-0.39, 0.29) is 18.3 Å². The van der Waals surface area contributed by atoms with E-state index in [4.69, 9.17) is 14.2 Å². The highest BCUT2D eigenvalue weighted by Gasteiger charge is 2.37. The third-order valence-corrected chi connectivity index (χ3v) is 5.16. The molecule has 1 aliphatic carbocycles. The Morgan fingerprint density at radius 2 is 2.00 bits per heavy atom. The van der Waals surface area contributed by atoms with Gasteiger partial charge < -0.3 is 19.3 Å². The topological polar surface area (TPSA) is 65.0 Å². The first kappa shape index (κ1) is 17.2. The van der Waals surface area contributed by atoms with Crippen LogP contribution in [0.25, 0.3) is 0 Å². The lowest BCUT2D eigenvalue weighted by Gasteiger charge is -2.29. The normalized spacial score (nSPS) is 27.2. The maximum absolute atomic E-state index is 12.5. The number of aliphatic hydroxyl groups is 1.